The Bertz CT molecular complexity index is 384. The number of hydrogen-bond donors (Lipinski definition) is 1. The Morgan fingerprint density at radius 1 is 1.39 bits per heavy atom. The first-order chi connectivity index (χ1) is 8.71. The lowest BCUT2D eigenvalue weighted by atomic mass is 10.2. The van der Waals surface area contributed by atoms with Crippen molar-refractivity contribution in [2.75, 3.05) is 6.54 Å². The van der Waals surface area contributed by atoms with Crippen molar-refractivity contribution in [2.24, 2.45) is 0 Å². The van der Waals surface area contributed by atoms with Crippen LogP contribution in [0.3, 0.4) is 0 Å². The Kier molecular flexibility index (Phi) is 5.98. The molecular weight excluding hydrogens is 226 g/mol. The van der Waals surface area contributed by atoms with Crippen molar-refractivity contribution in [3.63, 3.8) is 0 Å². The molecule has 1 unspecified atom stereocenters. The molecular formula is C15H21NO2. The van der Waals surface area contributed by atoms with Crippen LogP contribution in [0.1, 0.15) is 25.8 Å². The number of carbonyl (C=O) groups excluding carboxylic acids is 1. The lowest BCUT2D eigenvalue weighted by Gasteiger charge is -2.16. The molecule has 0 radical (unpaired) electrons. The summed E-state index contributed by atoms with van der Waals surface area (Å²) >= 11 is 0. The molecule has 18 heavy (non-hydrogen) atoms. The molecule has 1 aromatic carbocycles. The fraction of sp³-hybridized carbons (Fsp3) is 0.400. The molecule has 0 spiro atoms. The first-order valence-corrected chi connectivity index (χ1v) is 6.35. The van der Waals surface area contributed by atoms with E-state index >= 15 is 0 Å². The lowest BCUT2D eigenvalue weighted by Crippen LogP contribution is -2.38. The largest absolute Gasteiger partial charge is 0.481 e. The topological polar surface area (TPSA) is 38.3 Å². The summed E-state index contributed by atoms with van der Waals surface area (Å²) in [6, 6.07) is 7.85. The molecule has 1 rings (SSSR count). The van der Waals surface area contributed by atoms with Crippen LogP contribution in [0, 0.1) is 0 Å². The van der Waals surface area contributed by atoms with Crippen molar-refractivity contribution in [3.8, 4) is 5.75 Å². The van der Waals surface area contributed by atoms with Crippen LogP contribution in [0.5, 0.6) is 5.75 Å². The molecule has 1 N–H and O–H groups in total. The van der Waals surface area contributed by atoms with Gasteiger partial charge in [0.05, 0.1) is 0 Å². The van der Waals surface area contributed by atoms with Crippen molar-refractivity contribution in [1.29, 1.82) is 0 Å². The smallest absolute Gasteiger partial charge is 0.261 e. The van der Waals surface area contributed by atoms with E-state index in [9.17, 15) is 4.79 Å². The van der Waals surface area contributed by atoms with Gasteiger partial charge in [0.25, 0.3) is 5.91 Å². The van der Waals surface area contributed by atoms with Gasteiger partial charge in [0.15, 0.2) is 6.10 Å². The Hall–Kier alpha value is -1.77. The minimum atomic E-state index is -0.447. The van der Waals surface area contributed by atoms with Crippen LogP contribution in [-0.2, 0) is 11.2 Å². The van der Waals surface area contributed by atoms with Gasteiger partial charge >= 0.3 is 0 Å². The Balaban J connectivity index is 2.60. The molecule has 0 aromatic heterocycles. The number of carbonyl (C=O) groups is 1. The van der Waals surface area contributed by atoms with Crippen molar-refractivity contribution in [3.05, 3.63) is 42.5 Å². The van der Waals surface area contributed by atoms with Crippen LogP contribution in [0.2, 0.25) is 0 Å². The van der Waals surface area contributed by atoms with Crippen LogP contribution in [0.4, 0.5) is 0 Å². The summed E-state index contributed by atoms with van der Waals surface area (Å²) in [7, 11) is 0. The monoisotopic (exact) mass is 247 g/mol. The van der Waals surface area contributed by atoms with E-state index in [4.69, 9.17) is 4.74 Å². The van der Waals surface area contributed by atoms with Crippen molar-refractivity contribution >= 4 is 5.91 Å². The maximum atomic E-state index is 11.8. The second-order valence-electron chi connectivity index (χ2n) is 4.05. The molecule has 1 amide bonds. The van der Waals surface area contributed by atoms with E-state index in [2.05, 4.69) is 18.8 Å². The molecule has 0 saturated carbocycles. The van der Waals surface area contributed by atoms with Gasteiger partial charge in [0.2, 0.25) is 0 Å². The molecule has 98 valence electrons. The lowest BCUT2D eigenvalue weighted by molar-refractivity contribution is -0.127. The number of amides is 1. The van der Waals surface area contributed by atoms with E-state index in [1.807, 2.05) is 31.2 Å². The molecule has 3 nitrogen and oxygen atoms in total. The molecule has 0 aliphatic carbocycles. The average Bonchev–Trinajstić information content (AvgIpc) is 2.42. The van der Waals surface area contributed by atoms with E-state index in [1.165, 1.54) is 5.56 Å². The number of rotatable bonds is 7. The Labute approximate surface area is 109 Å². The standard InChI is InChI=1S/C15H21NO2/c1-4-11-16-15(17)14(6-3)18-13-9-7-12(5-2)8-10-13/h4,7-10,14H,1,5-6,11H2,2-3H3,(H,16,17). The van der Waals surface area contributed by atoms with Crippen molar-refractivity contribution in [1.82, 2.24) is 5.32 Å². The Morgan fingerprint density at radius 3 is 2.56 bits per heavy atom. The van der Waals surface area contributed by atoms with Gasteiger partial charge in [0, 0.05) is 6.54 Å². The maximum absolute atomic E-state index is 11.8. The highest BCUT2D eigenvalue weighted by molar-refractivity contribution is 5.81. The molecule has 1 atom stereocenters. The quantitative estimate of drug-likeness (QED) is 0.752. The molecule has 0 heterocycles. The maximum Gasteiger partial charge on any atom is 0.261 e. The van der Waals surface area contributed by atoms with Gasteiger partial charge in [-0.05, 0) is 30.5 Å². The van der Waals surface area contributed by atoms with Gasteiger partial charge in [-0.1, -0.05) is 32.1 Å². The SMILES string of the molecule is C=CCNC(=O)C(CC)Oc1ccc(CC)cc1. The normalized spacial score (nSPS) is 11.7. The molecule has 0 fully saturated rings. The summed E-state index contributed by atoms with van der Waals surface area (Å²) in [5.41, 5.74) is 1.26. The summed E-state index contributed by atoms with van der Waals surface area (Å²) in [6.45, 7) is 8.06. The average molecular weight is 247 g/mol. The Morgan fingerprint density at radius 2 is 2.06 bits per heavy atom. The predicted octanol–water partition coefficient (Wildman–Crippen LogP) is 2.71. The molecule has 1 aromatic rings. The van der Waals surface area contributed by atoms with Crippen LogP contribution < -0.4 is 10.1 Å². The van der Waals surface area contributed by atoms with Gasteiger partial charge < -0.3 is 10.1 Å². The van der Waals surface area contributed by atoms with E-state index in [0.29, 0.717) is 13.0 Å². The first kappa shape index (κ1) is 14.3. The van der Waals surface area contributed by atoms with Gasteiger partial charge in [0.1, 0.15) is 5.75 Å². The zero-order valence-corrected chi connectivity index (χ0v) is 11.1. The van der Waals surface area contributed by atoms with Crippen molar-refractivity contribution < 1.29 is 9.53 Å². The third-order valence-corrected chi connectivity index (χ3v) is 2.69. The molecule has 0 aliphatic heterocycles. The van der Waals surface area contributed by atoms with Crippen molar-refractivity contribution in [2.45, 2.75) is 32.8 Å². The summed E-state index contributed by atoms with van der Waals surface area (Å²) < 4.78 is 5.68. The van der Waals surface area contributed by atoms with Crippen LogP contribution >= 0.6 is 0 Å². The van der Waals surface area contributed by atoms with Crippen LogP contribution in [-0.4, -0.2) is 18.6 Å². The third-order valence-electron chi connectivity index (χ3n) is 2.69. The fourth-order valence-electron chi connectivity index (χ4n) is 1.58. The first-order valence-electron chi connectivity index (χ1n) is 6.35. The summed E-state index contributed by atoms with van der Waals surface area (Å²) in [4.78, 5) is 11.8. The highest BCUT2D eigenvalue weighted by atomic mass is 16.5. The summed E-state index contributed by atoms with van der Waals surface area (Å²) in [5.74, 6) is 0.629. The van der Waals surface area contributed by atoms with E-state index in [0.717, 1.165) is 12.2 Å². The number of ether oxygens (including phenoxy) is 1. The molecule has 3 heteroatoms. The highest BCUT2D eigenvalue weighted by Crippen LogP contribution is 2.15. The second kappa shape index (κ2) is 7.54. The number of nitrogens with one attached hydrogen (secondary N) is 1. The third kappa shape index (κ3) is 4.24. The van der Waals surface area contributed by atoms with Gasteiger partial charge in [-0.15, -0.1) is 6.58 Å². The van der Waals surface area contributed by atoms with E-state index < -0.39 is 6.10 Å². The van der Waals surface area contributed by atoms with E-state index in [1.54, 1.807) is 6.08 Å². The number of hydrogen-bond acceptors (Lipinski definition) is 2. The zero-order chi connectivity index (χ0) is 13.4. The second-order valence-corrected chi connectivity index (χ2v) is 4.05. The molecule has 0 aliphatic rings. The summed E-state index contributed by atoms with van der Waals surface area (Å²) in [5, 5.41) is 2.74. The number of benzene rings is 1. The molecule has 0 bridgehead atoms. The number of aryl methyl sites for hydroxylation is 1. The molecule has 0 saturated heterocycles. The van der Waals surface area contributed by atoms with Gasteiger partial charge in [-0.25, -0.2) is 0 Å². The van der Waals surface area contributed by atoms with E-state index in [-0.39, 0.29) is 5.91 Å². The van der Waals surface area contributed by atoms with Gasteiger partial charge in [-0.3, -0.25) is 4.79 Å². The van der Waals surface area contributed by atoms with Crippen LogP contribution in [0.25, 0.3) is 0 Å². The fourth-order valence-corrected chi connectivity index (χ4v) is 1.58. The van der Waals surface area contributed by atoms with Crippen LogP contribution in [0.15, 0.2) is 36.9 Å². The zero-order valence-electron chi connectivity index (χ0n) is 11.1. The predicted molar refractivity (Wildman–Crippen MR) is 73.7 cm³/mol. The summed E-state index contributed by atoms with van der Waals surface area (Å²) in [6.07, 6.45) is 2.84. The highest BCUT2D eigenvalue weighted by Gasteiger charge is 2.17. The minimum absolute atomic E-state index is 0.100. The van der Waals surface area contributed by atoms with Gasteiger partial charge in [-0.2, -0.15) is 0 Å². The minimum Gasteiger partial charge on any atom is -0.481 e.